The standard InChI is InChI=1S/C30H39NO7/c1-8-12-31(13-9-2)15-19-24-27(34)26(33)23-20-11-10-17(3)29(20,5)14-21(37-18(4)32)25(23)30(24,6)22(16-36-7)38-28(19)35/h8-9,19-22,34H,1-3,10-16H2,4-7H3/t19?,20?,21-,22-,29-,30+/m1/s1. The van der Waals surface area contributed by atoms with Crippen molar-refractivity contribution in [2.24, 2.45) is 22.7 Å². The van der Waals surface area contributed by atoms with Crippen LogP contribution in [0.5, 0.6) is 0 Å². The number of cyclic esters (lactones) is 1. The Hall–Kier alpha value is -2.97. The number of hydrogen-bond acceptors (Lipinski definition) is 8. The maximum atomic E-state index is 14.1. The van der Waals surface area contributed by atoms with E-state index in [-0.39, 0.29) is 19.1 Å². The highest BCUT2D eigenvalue weighted by atomic mass is 16.6. The fourth-order valence-electron chi connectivity index (χ4n) is 7.30. The minimum Gasteiger partial charge on any atom is -0.504 e. The summed E-state index contributed by atoms with van der Waals surface area (Å²) >= 11 is 0. The third-order valence-corrected chi connectivity index (χ3v) is 9.09. The molecule has 8 nitrogen and oxygen atoms in total. The zero-order valence-electron chi connectivity index (χ0n) is 22.9. The first-order valence-corrected chi connectivity index (χ1v) is 13.2. The van der Waals surface area contributed by atoms with E-state index in [1.54, 1.807) is 12.2 Å². The molecule has 0 aromatic rings. The summed E-state index contributed by atoms with van der Waals surface area (Å²) in [6.45, 7) is 18.3. The number of fused-ring (bicyclic) bond motifs is 4. The summed E-state index contributed by atoms with van der Waals surface area (Å²) < 4.78 is 17.4. The molecule has 1 saturated heterocycles. The second kappa shape index (κ2) is 10.3. The van der Waals surface area contributed by atoms with E-state index < -0.39 is 52.4 Å². The average molecular weight is 526 g/mol. The predicted molar refractivity (Wildman–Crippen MR) is 142 cm³/mol. The van der Waals surface area contributed by atoms with E-state index >= 15 is 0 Å². The molecule has 6 atom stereocenters. The van der Waals surface area contributed by atoms with Crippen molar-refractivity contribution in [3.63, 3.8) is 0 Å². The van der Waals surface area contributed by atoms with Crippen LogP contribution in [0.2, 0.25) is 0 Å². The Morgan fingerprint density at radius 3 is 2.45 bits per heavy atom. The van der Waals surface area contributed by atoms with Gasteiger partial charge in [0.1, 0.15) is 12.2 Å². The van der Waals surface area contributed by atoms with E-state index in [1.807, 2.05) is 11.8 Å². The second-order valence-corrected chi connectivity index (χ2v) is 11.3. The third kappa shape index (κ3) is 4.18. The van der Waals surface area contributed by atoms with Gasteiger partial charge in [0.2, 0.25) is 5.78 Å². The highest BCUT2D eigenvalue weighted by Gasteiger charge is 2.64. The van der Waals surface area contributed by atoms with E-state index in [0.29, 0.717) is 42.7 Å². The molecule has 4 rings (SSSR count). The predicted octanol–water partition coefficient (Wildman–Crippen LogP) is 3.85. The summed E-state index contributed by atoms with van der Waals surface area (Å²) in [7, 11) is 1.51. The van der Waals surface area contributed by atoms with E-state index in [0.717, 1.165) is 12.0 Å². The molecule has 0 bridgehead atoms. The number of nitrogens with zero attached hydrogens (tertiary/aromatic N) is 1. The zero-order valence-corrected chi connectivity index (χ0v) is 22.9. The normalized spacial score (nSPS) is 34.5. The van der Waals surface area contributed by atoms with Crippen molar-refractivity contribution in [1.82, 2.24) is 4.90 Å². The molecule has 38 heavy (non-hydrogen) atoms. The van der Waals surface area contributed by atoms with Gasteiger partial charge in [-0.2, -0.15) is 0 Å². The Labute approximate surface area is 224 Å². The summed E-state index contributed by atoms with van der Waals surface area (Å²) in [5.41, 5.74) is 0.788. The van der Waals surface area contributed by atoms with Gasteiger partial charge in [0.15, 0.2) is 5.76 Å². The van der Waals surface area contributed by atoms with Crippen LogP contribution in [-0.2, 0) is 28.6 Å². The van der Waals surface area contributed by atoms with E-state index in [1.165, 1.54) is 14.0 Å². The van der Waals surface area contributed by atoms with Crippen LogP contribution in [0.15, 0.2) is 59.9 Å². The molecule has 0 spiro atoms. The quantitative estimate of drug-likeness (QED) is 0.358. The molecule has 0 aromatic carbocycles. The number of ether oxygens (including phenoxy) is 3. The lowest BCUT2D eigenvalue weighted by Gasteiger charge is -2.55. The zero-order chi connectivity index (χ0) is 28.0. The van der Waals surface area contributed by atoms with Crippen LogP contribution in [0.1, 0.15) is 40.0 Å². The molecule has 1 saturated carbocycles. The molecule has 206 valence electrons. The Bertz CT molecular complexity index is 1140. The summed E-state index contributed by atoms with van der Waals surface area (Å²) in [4.78, 5) is 41.8. The third-order valence-electron chi connectivity index (χ3n) is 9.09. The van der Waals surface area contributed by atoms with Gasteiger partial charge in [-0.05, 0) is 43.1 Å². The van der Waals surface area contributed by atoms with Gasteiger partial charge in [0.25, 0.3) is 0 Å². The lowest BCUT2D eigenvalue weighted by molar-refractivity contribution is -0.172. The smallest absolute Gasteiger partial charge is 0.314 e. The number of carbonyl (C=O) groups excluding carboxylic acids is 3. The van der Waals surface area contributed by atoms with Crippen LogP contribution in [0.25, 0.3) is 0 Å². The van der Waals surface area contributed by atoms with Gasteiger partial charge < -0.3 is 19.3 Å². The Morgan fingerprint density at radius 2 is 1.87 bits per heavy atom. The van der Waals surface area contributed by atoms with Gasteiger partial charge in [0, 0.05) is 44.8 Å². The van der Waals surface area contributed by atoms with Crippen molar-refractivity contribution in [2.45, 2.75) is 52.2 Å². The largest absolute Gasteiger partial charge is 0.504 e. The van der Waals surface area contributed by atoms with E-state index in [2.05, 4.69) is 26.7 Å². The maximum absolute atomic E-state index is 14.1. The van der Waals surface area contributed by atoms with E-state index in [9.17, 15) is 19.5 Å². The minimum absolute atomic E-state index is 0.0428. The number of carbonyl (C=O) groups is 3. The van der Waals surface area contributed by atoms with Crippen LogP contribution in [0.3, 0.4) is 0 Å². The molecule has 0 radical (unpaired) electrons. The summed E-state index contributed by atoms with van der Waals surface area (Å²) in [5, 5.41) is 11.6. The molecule has 1 heterocycles. The topological polar surface area (TPSA) is 102 Å². The van der Waals surface area contributed by atoms with Crippen LogP contribution >= 0.6 is 0 Å². The molecule has 2 fully saturated rings. The molecule has 2 unspecified atom stereocenters. The van der Waals surface area contributed by atoms with Crippen LogP contribution in [0, 0.1) is 22.7 Å². The Kier molecular flexibility index (Phi) is 7.60. The lowest BCUT2D eigenvalue weighted by Crippen LogP contribution is -2.59. The molecule has 4 aliphatic rings. The summed E-state index contributed by atoms with van der Waals surface area (Å²) in [6.07, 6.45) is 3.77. The highest BCUT2D eigenvalue weighted by Crippen LogP contribution is 2.64. The molecule has 8 heteroatoms. The van der Waals surface area contributed by atoms with Gasteiger partial charge >= 0.3 is 11.9 Å². The van der Waals surface area contributed by atoms with Crippen molar-refractivity contribution in [3.05, 3.63) is 59.9 Å². The first kappa shape index (κ1) is 28.0. The van der Waals surface area contributed by atoms with Crippen LogP contribution in [-0.4, -0.2) is 73.3 Å². The number of hydrogen-bond donors (Lipinski definition) is 1. The molecule has 1 aliphatic heterocycles. The van der Waals surface area contributed by atoms with Gasteiger partial charge in [-0.1, -0.05) is 31.2 Å². The number of aliphatic hydroxyl groups is 1. The average Bonchev–Trinajstić information content (AvgIpc) is 3.13. The molecular formula is C30H39NO7. The number of ketones is 1. The van der Waals surface area contributed by atoms with Gasteiger partial charge in [0.05, 0.1) is 17.9 Å². The number of rotatable bonds is 9. The van der Waals surface area contributed by atoms with Crippen LogP contribution in [0.4, 0.5) is 0 Å². The summed E-state index contributed by atoms with van der Waals surface area (Å²) in [5.74, 6) is -3.06. The van der Waals surface area contributed by atoms with Gasteiger partial charge in [-0.3, -0.25) is 19.3 Å². The number of aliphatic hydroxyl groups excluding tert-OH is 1. The molecule has 0 aromatic heterocycles. The van der Waals surface area contributed by atoms with E-state index in [4.69, 9.17) is 14.2 Å². The van der Waals surface area contributed by atoms with Gasteiger partial charge in [-0.15, -0.1) is 13.2 Å². The van der Waals surface area contributed by atoms with Crippen LogP contribution < -0.4 is 0 Å². The summed E-state index contributed by atoms with van der Waals surface area (Å²) in [6, 6.07) is 0. The van der Waals surface area contributed by atoms with Gasteiger partial charge in [-0.25, -0.2) is 0 Å². The first-order chi connectivity index (χ1) is 17.9. The number of Topliss-reactive ketones (excluding diaryl/α,β-unsaturated/α-hetero) is 1. The number of methoxy groups -OCH3 is 1. The number of allylic oxidation sites excluding steroid dienone is 2. The second-order valence-electron chi connectivity index (χ2n) is 11.3. The molecule has 0 amide bonds. The number of esters is 2. The monoisotopic (exact) mass is 525 g/mol. The lowest BCUT2D eigenvalue weighted by atomic mass is 9.52. The maximum Gasteiger partial charge on any atom is 0.314 e. The Balaban J connectivity index is 1.95. The van der Waals surface area contributed by atoms with Crippen molar-refractivity contribution in [3.8, 4) is 0 Å². The first-order valence-electron chi connectivity index (χ1n) is 13.2. The van der Waals surface area contributed by atoms with Crippen molar-refractivity contribution < 1.29 is 33.7 Å². The van der Waals surface area contributed by atoms with Crippen molar-refractivity contribution in [2.75, 3.05) is 33.4 Å². The Morgan fingerprint density at radius 1 is 1.21 bits per heavy atom. The SMILES string of the molecule is C=CCN(CC=C)CC1C(=O)O[C@H](COC)[C@@]2(C)C1=C(O)C(=O)C1=C2[C@H](OC(C)=O)C[C@]2(C)C(=C)CCC12. The van der Waals surface area contributed by atoms with Crippen molar-refractivity contribution >= 4 is 17.7 Å². The molecular weight excluding hydrogens is 486 g/mol. The molecule has 3 aliphatic carbocycles. The molecule has 1 N–H and O–H groups in total. The fourth-order valence-corrected chi connectivity index (χ4v) is 7.30. The fraction of sp³-hybridized carbons (Fsp3) is 0.567. The van der Waals surface area contributed by atoms with Crippen molar-refractivity contribution in [1.29, 1.82) is 0 Å². The minimum atomic E-state index is -1.12. The highest BCUT2D eigenvalue weighted by molar-refractivity contribution is 6.11.